The van der Waals surface area contributed by atoms with Crippen LogP contribution in [0.5, 0.6) is 0 Å². The maximum Gasteiger partial charge on any atom is 0.256 e. The molecule has 34 heavy (non-hydrogen) atoms. The monoisotopic (exact) mass is 480 g/mol. The van der Waals surface area contributed by atoms with E-state index in [0.29, 0.717) is 6.42 Å². The Morgan fingerprint density at radius 1 is 0.882 bits per heavy atom. The highest BCUT2D eigenvalue weighted by Crippen LogP contribution is 2.28. The van der Waals surface area contributed by atoms with E-state index < -0.39 is 0 Å². The van der Waals surface area contributed by atoms with Crippen molar-refractivity contribution >= 4 is 28.8 Å². The zero-order valence-electron chi connectivity index (χ0n) is 20.0. The Balaban J connectivity index is 1.15. The highest BCUT2D eigenvalue weighted by Gasteiger charge is 2.30. The zero-order valence-corrected chi connectivity index (χ0v) is 20.8. The lowest BCUT2D eigenvalue weighted by Gasteiger charge is -2.39. The van der Waals surface area contributed by atoms with Gasteiger partial charge in [0.25, 0.3) is 5.91 Å². The van der Waals surface area contributed by atoms with Gasteiger partial charge in [0.15, 0.2) is 0 Å². The molecule has 2 saturated heterocycles. The lowest BCUT2D eigenvalue weighted by molar-refractivity contribution is -0.121. The number of nitrogens with zero attached hydrogens (tertiary/aromatic N) is 3. The quantitative estimate of drug-likeness (QED) is 0.684. The number of benzene rings is 1. The molecule has 3 fully saturated rings. The summed E-state index contributed by atoms with van der Waals surface area (Å²) in [7, 11) is 0. The third-order valence-corrected chi connectivity index (χ3v) is 8.57. The van der Waals surface area contributed by atoms with Crippen LogP contribution in [0.25, 0.3) is 0 Å². The van der Waals surface area contributed by atoms with E-state index in [2.05, 4.69) is 21.2 Å². The molecule has 7 heteroatoms. The number of amides is 2. The first kappa shape index (κ1) is 23.4. The van der Waals surface area contributed by atoms with E-state index in [1.165, 1.54) is 25.7 Å². The van der Waals surface area contributed by atoms with Gasteiger partial charge in [-0.25, -0.2) is 0 Å². The predicted octanol–water partition coefficient (Wildman–Crippen LogP) is 3.78. The summed E-state index contributed by atoms with van der Waals surface area (Å²) in [4.78, 5) is 33.9. The molecule has 2 aliphatic heterocycles. The van der Waals surface area contributed by atoms with E-state index >= 15 is 0 Å². The van der Waals surface area contributed by atoms with Crippen molar-refractivity contribution in [1.82, 2.24) is 15.1 Å². The smallest absolute Gasteiger partial charge is 0.256 e. The van der Waals surface area contributed by atoms with Crippen molar-refractivity contribution in [3.63, 3.8) is 0 Å². The zero-order chi connectivity index (χ0) is 23.3. The topological polar surface area (TPSA) is 55.9 Å². The van der Waals surface area contributed by atoms with Crippen molar-refractivity contribution in [2.75, 3.05) is 44.2 Å². The second-order valence-corrected chi connectivity index (χ2v) is 10.9. The summed E-state index contributed by atoms with van der Waals surface area (Å²) in [5, 5.41) is 5.22. The molecule has 3 heterocycles. The minimum absolute atomic E-state index is 0.105. The van der Waals surface area contributed by atoms with Crippen molar-refractivity contribution in [2.45, 2.75) is 57.0 Å². The number of para-hydroxylation sites is 1. The van der Waals surface area contributed by atoms with E-state index in [4.69, 9.17) is 0 Å². The normalized spacial score (nSPS) is 20.6. The molecule has 0 radical (unpaired) electrons. The Morgan fingerprint density at radius 2 is 1.62 bits per heavy atom. The Bertz CT molecular complexity index is 957. The Labute approximate surface area is 206 Å². The van der Waals surface area contributed by atoms with E-state index in [1.54, 1.807) is 11.3 Å². The molecule has 0 spiro atoms. The van der Waals surface area contributed by atoms with Gasteiger partial charge in [-0.1, -0.05) is 31.0 Å². The van der Waals surface area contributed by atoms with Gasteiger partial charge >= 0.3 is 0 Å². The standard InChI is InChI=1S/C27H36N4O2S/c32-26(20-23-8-5-19-34-23)28-21-11-13-30(14-12-21)25-10-4-3-9-24(25)27(33)31-17-15-29(16-18-31)22-6-1-2-7-22/h3-5,8-10,19,21-22H,1-2,6-7,11-18,20H2,(H,28,32). The molecule has 1 N–H and O–H groups in total. The van der Waals surface area contributed by atoms with Gasteiger partial charge in [0.05, 0.1) is 12.0 Å². The summed E-state index contributed by atoms with van der Waals surface area (Å²) in [6, 6.07) is 13.0. The summed E-state index contributed by atoms with van der Waals surface area (Å²) in [6.45, 7) is 5.34. The fourth-order valence-corrected chi connectivity index (χ4v) is 6.48. The second kappa shape index (κ2) is 10.9. The molecule has 0 unspecified atom stereocenters. The minimum Gasteiger partial charge on any atom is -0.371 e. The number of nitrogens with one attached hydrogen (secondary N) is 1. The molecule has 1 aromatic heterocycles. The van der Waals surface area contributed by atoms with Gasteiger partial charge in [0.2, 0.25) is 5.91 Å². The van der Waals surface area contributed by atoms with Crippen LogP contribution in [0.3, 0.4) is 0 Å². The molecule has 0 atom stereocenters. The van der Waals surface area contributed by atoms with Crippen LogP contribution >= 0.6 is 11.3 Å². The molecule has 182 valence electrons. The molecule has 1 aromatic carbocycles. The maximum atomic E-state index is 13.5. The molecular weight excluding hydrogens is 444 g/mol. The van der Waals surface area contributed by atoms with Crippen LogP contribution in [0, 0.1) is 0 Å². The van der Waals surface area contributed by atoms with Crippen LogP contribution in [-0.4, -0.2) is 73.0 Å². The summed E-state index contributed by atoms with van der Waals surface area (Å²) in [5.41, 5.74) is 1.85. The van der Waals surface area contributed by atoms with Crippen LogP contribution in [0.4, 0.5) is 5.69 Å². The Kier molecular flexibility index (Phi) is 7.50. The lowest BCUT2D eigenvalue weighted by atomic mass is 10.0. The maximum absolute atomic E-state index is 13.5. The number of carbonyl (C=O) groups excluding carboxylic acids is 2. The van der Waals surface area contributed by atoms with Crippen molar-refractivity contribution in [1.29, 1.82) is 0 Å². The molecule has 6 nitrogen and oxygen atoms in total. The average Bonchev–Trinajstić information content (AvgIpc) is 3.59. The second-order valence-electron chi connectivity index (χ2n) is 9.87. The minimum atomic E-state index is 0.105. The average molecular weight is 481 g/mol. The number of thiophene rings is 1. The third kappa shape index (κ3) is 5.47. The van der Waals surface area contributed by atoms with Crippen molar-refractivity contribution in [3.8, 4) is 0 Å². The first-order chi connectivity index (χ1) is 16.7. The van der Waals surface area contributed by atoms with Crippen LogP contribution < -0.4 is 10.2 Å². The molecule has 1 aliphatic carbocycles. The highest BCUT2D eigenvalue weighted by molar-refractivity contribution is 7.10. The van der Waals surface area contributed by atoms with Gasteiger partial charge < -0.3 is 15.1 Å². The van der Waals surface area contributed by atoms with Gasteiger partial charge in [-0.2, -0.15) is 0 Å². The summed E-state index contributed by atoms with van der Waals surface area (Å²) < 4.78 is 0. The summed E-state index contributed by atoms with van der Waals surface area (Å²) in [5.74, 6) is 0.265. The highest BCUT2D eigenvalue weighted by atomic mass is 32.1. The predicted molar refractivity (Wildman–Crippen MR) is 138 cm³/mol. The number of piperazine rings is 1. The molecule has 5 rings (SSSR count). The fraction of sp³-hybridized carbons (Fsp3) is 0.556. The molecule has 0 bridgehead atoms. The van der Waals surface area contributed by atoms with Crippen molar-refractivity contribution in [2.24, 2.45) is 0 Å². The third-order valence-electron chi connectivity index (χ3n) is 7.69. The number of anilines is 1. The van der Waals surface area contributed by atoms with Gasteiger partial charge in [-0.05, 0) is 49.3 Å². The van der Waals surface area contributed by atoms with E-state index in [-0.39, 0.29) is 17.9 Å². The number of rotatable bonds is 6. The summed E-state index contributed by atoms with van der Waals surface area (Å²) in [6.07, 6.45) is 7.61. The Morgan fingerprint density at radius 3 is 2.32 bits per heavy atom. The van der Waals surface area contributed by atoms with Crippen molar-refractivity contribution in [3.05, 3.63) is 52.2 Å². The van der Waals surface area contributed by atoms with Crippen LogP contribution in [0.15, 0.2) is 41.8 Å². The first-order valence-electron chi connectivity index (χ1n) is 12.9. The van der Waals surface area contributed by atoms with E-state index in [9.17, 15) is 9.59 Å². The van der Waals surface area contributed by atoms with E-state index in [0.717, 1.165) is 74.3 Å². The molecule has 3 aliphatic rings. The number of piperidine rings is 1. The van der Waals surface area contributed by atoms with Crippen molar-refractivity contribution < 1.29 is 9.59 Å². The number of carbonyl (C=O) groups is 2. The van der Waals surface area contributed by atoms with Gasteiger partial charge in [0.1, 0.15) is 0 Å². The lowest BCUT2D eigenvalue weighted by Crippen LogP contribution is -2.51. The molecule has 1 saturated carbocycles. The van der Waals surface area contributed by atoms with Crippen LogP contribution in [0.2, 0.25) is 0 Å². The molecule has 2 amide bonds. The van der Waals surface area contributed by atoms with Crippen LogP contribution in [0.1, 0.15) is 53.8 Å². The fourth-order valence-electron chi connectivity index (χ4n) is 5.77. The van der Waals surface area contributed by atoms with Gasteiger partial charge in [-0.15, -0.1) is 11.3 Å². The SMILES string of the molecule is O=C(Cc1cccs1)NC1CCN(c2ccccc2C(=O)N2CCN(C3CCCC3)CC2)CC1. The van der Waals surface area contributed by atoms with Gasteiger partial charge in [0, 0.05) is 61.9 Å². The largest absolute Gasteiger partial charge is 0.371 e. The summed E-state index contributed by atoms with van der Waals surface area (Å²) >= 11 is 1.63. The van der Waals surface area contributed by atoms with E-state index in [1.807, 2.05) is 40.6 Å². The molecular formula is C27H36N4O2S. The van der Waals surface area contributed by atoms with Crippen LogP contribution in [-0.2, 0) is 11.2 Å². The first-order valence-corrected chi connectivity index (χ1v) is 13.7. The van der Waals surface area contributed by atoms with Gasteiger partial charge in [-0.3, -0.25) is 14.5 Å². The number of hydrogen-bond donors (Lipinski definition) is 1. The molecule has 2 aromatic rings. The number of hydrogen-bond acceptors (Lipinski definition) is 5. The Hall–Kier alpha value is -2.38.